The van der Waals surface area contributed by atoms with E-state index < -0.39 is 0 Å². The molecule has 1 amide bonds. The first-order valence-corrected chi connectivity index (χ1v) is 9.19. The van der Waals surface area contributed by atoms with Gasteiger partial charge in [-0.25, -0.2) is 4.98 Å². The Morgan fingerprint density at radius 3 is 2.78 bits per heavy atom. The van der Waals surface area contributed by atoms with Gasteiger partial charge >= 0.3 is 0 Å². The Morgan fingerprint density at radius 1 is 1.15 bits per heavy atom. The first-order valence-electron chi connectivity index (χ1n) is 9.19. The summed E-state index contributed by atoms with van der Waals surface area (Å²) >= 11 is 0. The number of rotatable bonds is 9. The number of ether oxygens (including phenoxy) is 2. The predicted molar refractivity (Wildman–Crippen MR) is 105 cm³/mol. The lowest BCUT2D eigenvalue weighted by Crippen LogP contribution is -2.24. The minimum absolute atomic E-state index is 0.0451. The summed E-state index contributed by atoms with van der Waals surface area (Å²) in [5, 5.41) is 2.94. The van der Waals surface area contributed by atoms with Gasteiger partial charge in [-0.15, -0.1) is 0 Å². The second-order valence-electron chi connectivity index (χ2n) is 6.22. The van der Waals surface area contributed by atoms with Crippen molar-refractivity contribution in [1.82, 2.24) is 14.9 Å². The second-order valence-corrected chi connectivity index (χ2v) is 6.22. The van der Waals surface area contributed by atoms with Gasteiger partial charge in [-0.05, 0) is 30.7 Å². The first kappa shape index (κ1) is 18.8. The fourth-order valence-corrected chi connectivity index (χ4v) is 2.95. The molecule has 0 aliphatic carbocycles. The van der Waals surface area contributed by atoms with Crippen molar-refractivity contribution >= 4 is 16.9 Å². The summed E-state index contributed by atoms with van der Waals surface area (Å²) in [6, 6.07) is 15.5. The summed E-state index contributed by atoms with van der Waals surface area (Å²) < 4.78 is 13.2. The number of amides is 1. The van der Waals surface area contributed by atoms with Crippen molar-refractivity contribution in [3.63, 3.8) is 0 Å². The number of carbonyl (C=O) groups is 1. The maximum Gasteiger partial charge on any atom is 0.220 e. The molecular formula is C21H25N3O3. The summed E-state index contributed by atoms with van der Waals surface area (Å²) in [5.74, 6) is 2.40. The molecule has 3 aromatic rings. The van der Waals surface area contributed by atoms with Gasteiger partial charge in [0.15, 0.2) is 0 Å². The number of aromatic nitrogens is 2. The van der Waals surface area contributed by atoms with Crippen LogP contribution >= 0.6 is 0 Å². The maximum absolute atomic E-state index is 11.8. The second kappa shape index (κ2) is 9.07. The first-order chi connectivity index (χ1) is 13.2. The number of fused-ring (bicyclic) bond motifs is 1. The van der Waals surface area contributed by atoms with E-state index in [-0.39, 0.29) is 5.91 Å². The van der Waals surface area contributed by atoms with E-state index in [4.69, 9.17) is 9.47 Å². The van der Waals surface area contributed by atoms with Crippen molar-refractivity contribution in [2.75, 3.05) is 13.7 Å². The lowest BCUT2D eigenvalue weighted by molar-refractivity contribution is -0.121. The Kier molecular flexibility index (Phi) is 6.30. The van der Waals surface area contributed by atoms with E-state index in [2.05, 4.69) is 14.9 Å². The number of nitrogens with one attached hydrogen (secondary N) is 1. The minimum atomic E-state index is 0.0451. The maximum atomic E-state index is 11.8. The minimum Gasteiger partial charge on any atom is -0.497 e. The highest BCUT2D eigenvalue weighted by atomic mass is 16.5. The van der Waals surface area contributed by atoms with Crippen LogP contribution in [0.25, 0.3) is 11.0 Å². The fraction of sp³-hybridized carbons (Fsp3) is 0.333. The molecule has 2 aromatic carbocycles. The number of hydrogen-bond acceptors (Lipinski definition) is 4. The van der Waals surface area contributed by atoms with Gasteiger partial charge in [0.25, 0.3) is 0 Å². The van der Waals surface area contributed by atoms with Gasteiger partial charge in [0.05, 0.1) is 31.2 Å². The number of imidazole rings is 1. The molecule has 1 heterocycles. The Labute approximate surface area is 159 Å². The van der Waals surface area contributed by atoms with Crippen LogP contribution in [0.15, 0.2) is 48.5 Å². The molecule has 142 valence electrons. The molecule has 1 aromatic heterocycles. The zero-order valence-electron chi connectivity index (χ0n) is 15.8. The highest BCUT2D eigenvalue weighted by Crippen LogP contribution is 2.20. The SMILES string of the molecule is CCCC(=O)NCc1nc2ccccc2n1CCOc1cccc(OC)c1. The molecule has 1 N–H and O–H groups in total. The third-order valence-corrected chi connectivity index (χ3v) is 4.28. The van der Waals surface area contributed by atoms with Crippen molar-refractivity contribution in [2.45, 2.75) is 32.9 Å². The molecule has 3 rings (SSSR count). The number of benzene rings is 2. The van der Waals surface area contributed by atoms with E-state index in [1.54, 1.807) is 7.11 Å². The number of carbonyl (C=O) groups excluding carboxylic acids is 1. The average molecular weight is 367 g/mol. The van der Waals surface area contributed by atoms with Gasteiger partial charge in [-0.3, -0.25) is 4.79 Å². The normalized spacial score (nSPS) is 10.7. The molecule has 6 nitrogen and oxygen atoms in total. The molecule has 0 atom stereocenters. The molecule has 0 saturated heterocycles. The number of hydrogen-bond donors (Lipinski definition) is 1. The highest BCUT2D eigenvalue weighted by Gasteiger charge is 2.11. The van der Waals surface area contributed by atoms with Gasteiger partial charge in [-0.1, -0.05) is 25.1 Å². The van der Waals surface area contributed by atoms with Crippen molar-refractivity contribution in [3.05, 3.63) is 54.4 Å². The summed E-state index contributed by atoms with van der Waals surface area (Å²) in [6.07, 6.45) is 1.36. The van der Waals surface area contributed by atoms with E-state index >= 15 is 0 Å². The Bertz CT molecular complexity index is 905. The topological polar surface area (TPSA) is 65.4 Å². The van der Waals surface area contributed by atoms with Crippen LogP contribution in [0.1, 0.15) is 25.6 Å². The van der Waals surface area contributed by atoms with Crippen LogP contribution in [-0.4, -0.2) is 29.2 Å². The molecule has 27 heavy (non-hydrogen) atoms. The van der Waals surface area contributed by atoms with Crippen molar-refractivity contribution in [1.29, 1.82) is 0 Å². The zero-order valence-corrected chi connectivity index (χ0v) is 15.8. The van der Waals surface area contributed by atoms with Gasteiger partial charge in [-0.2, -0.15) is 0 Å². The largest absolute Gasteiger partial charge is 0.497 e. The lowest BCUT2D eigenvalue weighted by Gasteiger charge is -2.12. The molecule has 0 fully saturated rings. The lowest BCUT2D eigenvalue weighted by atomic mass is 10.3. The molecule has 0 saturated carbocycles. The van der Waals surface area contributed by atoms with Crippen LogP contribution in [0.2, 0.25) is 0 Å². The Hall–Kier alpha value is -3.02. The number of nitrogens with zero attached hydrogens (tertiary/aromatic N) is 2. The van der Waals surface area contributed by atoms with E-state index in [9.17, 15) is 4.79 Å². The van der Waals surface area contributed by atoms with Crippen LogP contribution in [-0.2, 0) is 17.9 Å². The van der Waals surface area contributed by atoms with E-state index in [0.717, 1.165) is 34.8 Å². The summed E-state index contributed by atoms with van der Waals surface area (Å²) in [5.41, 5.74) is 1.95. The third kappa shape index (κ3) is 4.78. The molecular weight excluding hydrogens is 342 g/mol. The van der Waals surface area contributed by atoms with Crippen molar-refractivity contribution < 1.29 is 14.3 Å². The van der Waals surface area contributed by atoms with Gasteiger partial charge in [0, 0.05) is 12.5 Å². The fourth-order valence-electron chi connectivity index (χ4n) is 2.95. The predicted octanol–water partition coefficient (Wildman–Crippen LogP) is 3.54. The van der Waals surface area contributed by atoms with Gasteiger partial charge < -0.3 is 19.4 Å². The average Bonchev–Trinajstić information content (AvgIpc) is 3.04. The number of methoxy groups -OCH3 is 1. The van der Waals surface area contributed by atoms with E-state index in [1.807, 2.05) is 55.5 Å². The van der Waals surface area contributed by atoms with Crippen LogP contribution in [0.4, 0.5) is 0 Å². The smallest absolute Gasteiger partial charge is 0.220 e. The Balaban J connectivity index is 1.71. The highest BCUT2D eigenvalue weighted by molar-refractivity contribution is 5.77. The van der Waals surface area contributed by atoms with Crippen molar-refractivity contribution in [2.24, 2.45) is 0 Å². The Morgan fingerprint density at radius 2 is 1.96 bits per heavy atom. The quantitative estimate of drug-likeness (QED) is 0.628. The zero-order chi connectivity index (χ0) is 19.1. The molecule has 0 aliphatic rings. The number of para-hydroxylation sites is 2. The standard InChI is InChI=1S/C21H25N3O3/c1-3-7-21(25)22-15-20-23-18-10-4-5-11-19(18)24(20)12-13-27-17-9-6-8-16(14-17)26-2/h4-6,8-11,14H,3,7,12-13,15H2,1-2H3,(H,22,25). The van der Waals surface area contributed by atoms with Crippen LogP contribution in [0.3, 0.4) is 0 Å². The van der Waals surface area contributed by atoms with Crippen LogP contribution in [0.5, 0.6) is 11.5 Å². The van der Waals surface area contributed by atoms with Crippen LogP contribution in [0, 0.1) is 0 Å². The van der Waals surface area contributed by atoms with Crippen molar-refractivity contribution in [3.8, 4) is 11.5 Å². The molecule has 0 bridgehead atoms. The van der Waals surface area contributed by atoms with E-state index in [0.29, 0.717) is 26.1 Å². The van der Waals surface area contributed by atoms with Gasteiger partial charge in [0.2, 0.25) is 5.91 Å². The third-order valence-electron chi connectivity index (χ3n) is 4.28. The molecule has 0 unspecified atom stereocenters. The van der Waals surface area contributed by atoms with Gasteiger partial charge in [0.1, 0.15) is 23.9 Å². The van der Waals surface area contributed by atoms with Crippen LogP contribution < -0.4 is 14.8 Å². The molecule has 0 spiro atoms. The molecule has 0 aliphatic heterocycles. The summed E-state index contributed by atoms with van der Waals surface area (Å²) in [4.78, 5) is 16.5. The summed E-state index contributed by atoms with van der Waals surface area (Å²) in [6.45, 7) is 3.53. The summed E-state index contributed by atoms with van der Waals surface area (Å²) in [7, 11) is 1.63. The monoisotopic (exact) mass is 367 g/mol. The molecule has 6 heteroatoms. The molecule has 0 radical (unpaired) electrons. The van der Waals surface area contributed by atoms with E-state index in [1.165, 1.54) is 0 Å².